The van der Waals surface area contributed by atoms with E-state index in [0.717, 1.165) is 41.2 Å². The van der Waals surface area contributed by atoms with Crippen LogP contribution in [0.3, 0.4) is 0 Å². The normalized spacial score (nSPS) is 13.6. The number of nitrogens with zero attached hydrogens (tertiary/aromatic N) is 2. The van der Waals surface area contributed by atoms with Gasteiger partial charge in [0, 0.05) is 11.1 Å². The van der Waals surface area contributed by atoms with E-state index in [1.807, 2.05) is 6.07 Å². The molecule has 2 aromatic carbocycles. The Kier molecular flexibility index (Phi) is 6.37. The van der Waals surface area contributed by atoms with Crippen molar-refractivity contribution < 1.29 is 0 Å². The highest BCUT2D eigenvalue weighted by atomic mass is 14.9. The second kappa shape index (κ2) is 9.53. The van der Waals surface area contributed by atoms with E-state index in [1.165, 1.54) is 22.3 Å². The number of hydrogen-bond acceptors (Lipinski definition) is 2. The smallest absolute Gasteiger partial charge is 0.160 e. The molecule has 1 aliphatic carbocycles. The van der Waals surface area contributed by atoms with Crippen LogP contribution >= 0.6 is 0 Å². The number of rotatable bonds is 5. The molecule has 0 saturated carbocycles. The quantitative estimate of drug-likeness (QED) is 0.404. The van der Waals surface area contributed by atoms with E-state index in [9.17, 15) is 0 Å². The van der Waals surface area contributed by atoms with Gasteiger partial charge in [0.2, 0.25) is 0 Å². The molecule has 0 N–H and O–H groups in total. The van der Waals surface area contributed by atoms with Gasteiger partial charge in [0.1, 0.15) is 0 Å². The lowest BCUT2D eigenvalue weighted by Crippen LogP contribution is -1.99. The number of benzene rings is 2. The molecule has 154 valence electrons. The third-order valence-electron chi connectivity index (χ3n) is 5.30. The highest BCUT2D eigenvalue weighted by molar-refractivity contribution is 5.79. The van der Waals surface area contributed by atoms with Crippen molar-refractivity contribution in [2.45, 2.75) is 33.6 Å². The highest BCUT2D eigenvalue weighted by Gasteiger charge is 2.12. The van der Waals surface area contributed by atoms with Gasteiger partial charge in [0.25, 0.3) is 0 Å². The van der Waals surface area contributed by atoms with Gasteiger partial charge in [-0.25, -0.2) is 9.97 Å². The summed E-state index contributed by atoms with van der Waals surface area (Å²) >= 11 is 0. The largest absolute Gasteiger partial charge is 0.228 e. The SMILES string of the molecule is C/C=C(\C=C(C)C)c1cccc(-c2nc(C3=CCCC=C3)cc(-c3ccccc3)n2)c1. The van der Waals surface area contributed by atoms with Crippen LogP contribution in [0.15, 0.2) is 96.6 Å². The van der Waals surface area contributed by atoms with Crippen LogP contribution in [0.2, 0.25) is 0 Å². The maximum atomic E-state index is 4.97. The van der Waals surface area contributed by atoms with Gasteiger partial charge in [-0.3, -0.25) is 0 Å². The van der Waals surface area contributed by atoms with Crippen LogP contribution in [0.4, 0.5) is 0 Å². The fourth-order valence-electron chi connectivity index (χ4n) is 3.77. The third kappa shape index (κ3) is 4.97. The van der Waals surface area contributed by atoms with Crippen molar-refractivity contribution >= 4 is 11.1 Å². The summed E-state index contributed by atoms with van der Waals surface area (Å²) in [6.45, 7) is 6.32. The molecule has 1 aromatic heterocycles. The average molecular weight is 405 g/mol. The van der Waals surface area contributed by atoms with Crippen LogP contribution in [-0.2, 0) is 0 Å². The van der Waals surface area contributed by atoms with Crippen molar-refractivity contribution in [2.75, 3.05) is 0 Å². The van der Waals surface area contributed by atoms with Crippen molar-refractivity contribution in [3.8, 4) is 22.6 Å². The van der Waals surface area contributed by atoms with Crippen LogP contribution in [-0.4, -0.2) is 9.97 Å². The Morgan fingerprint density at radius 2 is 1.61 bits per heavy atom. The summed E-state index contributed by atoms with van der Waals surface area (Å²) in [6, 6.07) is 21.0. The first-order chi connectivity index (χ1) is 15.1. The minimum absolute atomic E-state index is 0.755. The molecule has 0 saturated heterocycles. The fourth-order valence-corrected chi connectivity index (χ4v) is 3.77. The van der Waals surface area contributed by atoms with Gasteiger partial charge in [-0.05, 0) is 62.5 Å². The lowest BCUT2D eigenvalue weighted by atomic mass is 10.00. The Morgan fingerprint density at radius 1 is 0.839 bits per heavy atom. The molecule has 2 heteroatoms. The van der Waals surface area contributed by atoms with Gasteiger partial charge < -0.3 is 0 Å². The molecule has 0 aliphatic heterocycles. The second-order valence-corrected chi connectivity index (χ2v) is 8.01. The molecule has 1 heterocycles. The predicted molar refractivity (Wildman–Crippen MR) is 132 cm³/mol. The first kappa shape index (κ1) is 20.7. The molecule has 4 rings (SSSR count). The van der Waals surface area contributed by atoms with Crippen LogP contribution in [0.25, 0.3) is 33.8 Å². The monoisotopic (exact) mass is 404 g/mol. The zero-order valence-corrected chi connectivity index (χ0v) is 18.5. The Balaban J connectivity index is 1.85. The molecule has 0 spiro atoms. The van der Waals surface area contributed by atoms with Crippen LogP contribution in [0.5, 0.6) is 0 Å². The topological polar surface area (TPSA) is 25.8 Å². The molecular weight excluding hydrogens is 376 g/mol. The standard InChI is InChI=1S/C29H28N2/c1-4-22(18-21(2)3)25-16-11-17-26(19-25)29-30-27(23-12-7-5-8-13-23)20-28(31-29)24-14-9-6-10-15-24/h4-5,7-9,11-20H,6,10H2,1-3H3/b22-4+. The van der Waals surface area contributed by atoms with Gasteiger partial charge in [-0.2, -0.15) is 0 Å². The van der Waals surface area contributed by atoms with E-state index in [4.69, 9.17) is 9.97 Å². The highest BCUT2D eigenvalue weighted by Crippen LogP contribution is 2.29. The van der Waals surface area contributed by atoms with Crippen molar-refractivity contribution in [2.24, 2.45) is 0 Å². The average Bonchev–Trinajstić information content (AvgIpc) is 2.83. The van der Waals surface area contributed by atoms with E-state index >= 15 is 0 Å². The van der Waals surface area contributed by atoms with Crippen LogP contribution in [0, 0.1) is 0 Å². The molecule has 0 fully saturated rings. The summed E-state index contributed by atoms with van der Waals surface area (Å²) in [5, 5.41) is 0. The molecule has 0 bridgehead atoms. The Bertz CT molecular complexity index is 1190. The summed E-state index contributed by atoms with van der Waals surface area (Å²) in [7, 11) is 0. The molecule has 3 aromatic rings. The minimum atomic E-state index is 0.755. The summed E-state index contributed by atoms with van der Waals surface area (Å²) in [5.41, 5.74) is 8.87. The Labute approximate surface area is 185 Å². The zero-order chi connectivity index (χ0) is 21.6. The van der Waals surface area contributed by atoms with Crippen molar-refractivity contribution in [3.05, 3.63) is 108 Å². The van der Waals surface area contributed by atoms with E-state index in [2.05, 4.69) is 106 Å². The van der Waals surface area contributed by atoms with E-state index in [1.54, 1.807) is 0 Å². The Morgan fingerprint density at radius 3 is 2.32 bits per heavy atom. The van der Waals surface area contributed by atoms with Gasteiger partial charge >= 0.3 is 0 Å². The maximum Gasteiger partial charge on any atom is 0.160 e. The van der Waals surface area contributed by atoms with Gasteiger partial charge in [-0.1, -0.05) is 84.5 Å². The first-order valence-corrected chi connectivity index (χ1v) is 10.9. The van der Waals surface area contributed by atoms with Crippen molar-refractivity contribution in [3.63, 3.8) is 0 Å². The predicted octanol–water partition coefficient (Wildman–Crippen LogP) is 7.91. The summed E-state index contributed by atoms with van der Waals surface area (Å²) in [6.07, 6.45) is 13.2. The second-order valence-electron chi connectivity index (χ2n) is 8.01. The molecule has 1 aliphatic rings. The summed E-state index contributed by atoms with van der Waals surface area (Å²) < 4.78 is 0. The van der Waals surface area contributed by atoms with Crippen LogP contribution < -0.4 is 0 Å². The van der Waals surface area contributed by atoms with Gasteiger partial charge in [0.15, 0.2) is 5.82 Å². The molecule has 31 heavy (non-hydrogen) atoms. The molecule has 0 atom stereocenters. The molecule has 0 unspecified atom stereocenters. The van der Waals surface area contributed by atoms with Gasteiger partial charge in [-0.15, -0.1) is 0 Å². The number of hydrogen-bond donors (Lipinski definition) is 0. The fraction of sp³-hybridized carbons (Fsp3) is 0.172. The lowest BCUT2D eigenvalue weighted by Gasteiger charge is -2.12. The summed E-state index contributed by atoms with van der Waals surface area (Å²) in [4.78, 5) is 9.93. The van der Waals surface area contributed by atoms with Gasteiger partial charge in [0.05, 0.1) is 11.4 Å². The molecule has 0 amide bonds. The maximum absolute atomic E-state index is 4.97. The molecule has 0 radical (unpaired) electrons. The molecule has 2 nitrogen and oxygen atoms in total. The molecular formula is C29H28N2. The number of aromatic nitrogens is 2. The number of allylic oxidation sites excluding steroid dienone is 8. The van der Waals surface area contributed by atoms with E-state index in [-0.39, 0.29) is 0 Å². The lowest BCUT2D eigenvalue weighted by molar-refractivity contribution is 1.03. The van der Waals surface area contributed by atoms with Crippen molar-refractivity contribution in [1.29, 1.82) is 0 Å². The van der Waals surface area contributed by atoms with Crippen LogP contribution in [0.1, 0.15) is 44.9 Å². The minimum Gasteiger partial charge on any atom is -0.228 e. The van der Waals surface area contributed by atoms with E-state index in [0.29, 0.717) is 0 Å². The first-order valence-electron chi connectivity index (χ1n) is 10.9. The van der Waals surface area contributed by atoms with Crippen molar-refractivity contribution in [1.82, 2.24) is 9.97 Å². The van der Waals surface area contributed by atoms with E-state index < -0.39 is 0 Å². The summed E-state index contributed by atoms with van der Waals surface area (Å²) in [5.74, 6) is 0.755. The third-order valence-corrected chi connectivity index (χ3v) is 5.30. The Hall–Kier alpha value is -3.52. The zero-order valence-electron chi connectivity index (χ0n) is 18.5.